The van der Waals surface area contributed by atoms with E-state index in [9.17, 15) is 13.2 Å². The molecule has 23 heavy (non-hydrogen) atoms. The van der Waals surface area contributed by atoms with Crippen LogP contribution in [0.5, 0.6) is 5.75 Å². The van der Waals surface area contributed by atoms with Gasteiger partial charge in [0.1, 0.15) is 5.75 Å². The quantitative estimate of drug-likeness (QED) is 0.858. The Morgan fingerprint density at radius 2 is 2.13 bits per heavy atom. The van der Waals surface area contributed by atoms with Crippen LogP contribution in [-0.2, 0) is 14.8 Å². The van der Waals surface area contributed by atoms with Crippen molar-refractivity contribution in [3.63, 3.8) is 0 Å². The van der Waals surface area contributed by atoms with Gasteiger partial charge in [0.15, 0.2) is 0 Å². The van der Waals surface area contributed by atoms with Crippen molar-refractivity contribution < 1.29 is 23.1 Å². The summed E-state index contributed by atoms with van der Waals surface area (Å²) < 4.78 is 32.7. The summed E-state index contributed by atoms with van der Waals surface area (Å²) in [5.74, 6) is -0.599. The molecule has 6 nitrogen and oxygen atoms in total. The maximum atomic E-state index is 13.0. The van der Waals surface area contributed by atoms with Crippen LogP contribution in [0.4, 0.5) is 0 Å². The van der Waals surface area contributed by atoms with Gasteiger partial charge in [-0.1, -0.05) is 6.07 Å². The fourth-order valence-corrected chi connectivity index (χ4v) is 5.01. The first kappa shape index (κ1) is 17.7. The van der Waals surface area contributed by atoms with Crippen LogP contribution in [0.25, 0.3) is 0 Å². The van der Waals surface area contributed by atoms with Crippen molar-refractivity contribution in [3.05, 3.63) is 24.3 Å². The molecule has 1 atom stereocenters. The van der Waals surface area contributed by atoms with Crippen molar-refractivity contribution in [1.82, 2.24) is 4.31 Å². The molecule has 1 aliphatic heterocycles. The third-order valence-electron chi connectivity index (χ3n) is 4.45. The monoisotopic (exact) mass is 341 g/mol. The number of nitrogens with zero attached hydrogens (tertiary/aromatic N) is 1. The summed E-state index contributed by atoms with van der Waals surface area (Å²) in [7, 11) is -3.70. The van der Waals surface area contributed by atoms with E-state index in [0.29, 0.717) is 25.3 Å². The second-order valence-electron chi connectivity index (χ2n) is 6.22. The van der Waals surface area contributed by atoms with Crippen LogP contribution in [0.3, 0.4) is 0 Å². The lowest BCUT2D eigenvalue weighted by Gasteiger charge is -2.34. The van der Waals surface area contributed by atoms with Crippen molar-refractivity contribution in [1.29, 1.82) is 0 Å². The smallest absolute Gasteiger partial charge is 0.303 e. The average Bonchev–Trinajstić information content (AvgIpc) is 2.74. The first-order chi connectivity index (χ1) is 10.7. The third kappa shape index (κ3) is 3.50. The second kappa shape index (κ2) is 6.49. The Morgan fingerprint density at radius 1 is 1.43 bits per heavy atom. The Bertz CT molecular complexity index is 683. The minimum Gasteiger partial charge on any atom is -0.494 e. The molecule has 1 heterocycles. The van der Waals surface area contributed by atoms with Gasteiger partial charge in [0.25, 0.3) is 0 Å². The van der Waals surface area contributed by atoms with E-state index in [4.69, 9.17) is 9.84 Å². The topological polar surface area (TPSA) is 83.9 Å². The number of rotatable bonds is 6. The van der Waals surface area contributed by atoms with Gasteiger partial charge in [0.2, 0.25) is 10.0 Å². The highest BCUT2D eigenvalue weighted by Gasteiger charge is 2.48. The molecule has 0 amide bonds. The summed E-state index contributed by atoms with van der Waals surface area (Å²) in [5, 5.41) is 9.02. The van der Waals surface area contributed by atoms with Gasteiger partial charge in [-0.2, -0.15) is 4.31 Å². The van der Waals surface area contributed by atoms with E-state index < -0.39 is 21.5 Å². The number of benzene rings is 1. The fourth-order valence-electron chi connectivity index (χ4n) is 3.13. The Labute approximate surface area is 137 Å². The van der Waals surface area contributed by atoms with Crippen LogP contribution in [0.15, 0.2) is 29.2 Å². The molecule has 1 aliphatic rings. The normalized spacial score (nSPS) is 21.3. The van der Waals surface area contributed by atoms with Crippen molar-refractivity contribution in [2.45, 2.75) is 44.0 Å². The van der Waals surface area contributed by atoms with Gasteiger partial charge in [-0.25, -0.2) is 8.42 Å². The summed E-state index contributed by atoms with van der Waals surface area (Å²) in [6, 6.07) is 6.42. The molecular weight excluding hydrogens is 318 g/mol. The largest absolute Gasteiger partial charge is 0.494 e. The molecule has 1 fully saturated rings. The van der Waals surface area contributed by atoms with E-state index in [2.05, 4.69) is 0 Å². The van der Waals surface area contributed by atoms with E-state index in [-0.39, 0.29) is 17.2 Å². The van der Waals surface area contributed by atoms with Gasteiger partial charge in [0, 0.05) is 24.6 Å². The fraction of sp³-hybridized carbons (Fsp3) is 0.562. The van der Waals surface area contributed by atoms with Gasteiger partial charge < -0.3 is 9.84 Å². The molecule has 1 unspecified atom stereocenters. The van der Waals surface area contributed by atoms with Gasteiger partial charge >= 0.3 is 5.97 Å². The molecule has 0 bridgehead atoms. The minimum absolute atomic E-state index is 0.0298. The van der Waals surface area contributed by atoms with Crippen LogP contribution < -0.4 is 4.74 Å². The molecule has 0 spiro atoms. The van der Waals surface area contributed by atoms with Crippen LogP contribution in [0.2, 0.25) is 0 Å². The zero-order valence-corrected chi connectivity index (χ0v) is 14.5. The standard InChI is InChI=1S/C16H23NO5S/c1-4-22-13-6-5-7-14(11-13)23(20,21)17-9-8-12(10-15(18)19)16(17,2)3/h5-7,11-12H,4,8-10H2,1-3H3,(H,18,19). The summed E-state index contributed by atoms with van der Waals surface area (Å²) in [6.07, 6.45) is 0.516. The minimum atomic E-state index is -3.70. The SMILES string of the molecule is CCOc1cccc(S(=O)(=O)N2CCC(CC(=O)O)C2(C)C)c1. The lowest BCUT2D eigenvalue weighted by atomic mass is 9.87. The lowest BCUT2D eigenvalue weighted by molar-refractivity contribution is -0.138. The molecule has 0 radical (unpaired) electrons. The van der Waals surface area contributed by atoms with Gasteiger partial charge in [-0.3, -0.25) is 4.79 Å². The van der Waals surface area contributed by atoms with Crippen LogP contribution in [-0.4, -0.2) is 42.5 Å². The molecule has 1 saturated heterocycles. The Balaban J connectivity index is 2.33. The summed E-state index contributed by atoms with van der Waals surface area (Å²) in [4.78, 5) is 11.2. The Kier molecular flexibility index (Phi) is 5.01. The van der Waals surface area contributed by atoms with Crippen LogP contribution >= 0.6 is 0 Å². The molecule has 0 aromatic heterocycles. The molecule has 1 aromatic carbocycles. The van der Waals surface area contributed by atoms with E-state index in [1.807, 2.05) is 6.92 Å². The number of aliphatic carboxylic acids is 1. The van der Waals surface area contributed by atoms with Crippen molar-refractivity contribution in [3.8, 4) is 5.75 Å². The van der Waals surface area contributed by atoms with Gasteiger partial charge in [-0.15, -0.1) is 0 Å². The van der Waals surface area contributed by atoms with Gasteiger partial charge in [-0.05, 0) is 45.2 Å². The second-order valence-corrected chi connectivity index (χ2v) is 8.08. The zero-order valence-electron chi connectivity index (χ0n) is 13.7. The molecule has 2 rings (SSSR count). The lowest BCUT2D eigenvalue weighted by Crippen LogP contribution is -2.46. The molecule has 1 N–H and O–H groups in total. The first-order valence-corrected chi connectivity index (χ1v) is 9.11. The maximum Gasteiger partial charge on any atom is 0.303 e. The summed E-state index contributed by atoms with van der Waals surface area (Å²) >= 11 is 0. The molecule has 1 aromatic rings. The molecule has 7 heteroatoms. The van der Waals surface area contributed by atoms with Gasteiger partial charge in [0.05, 0.1) is 11.5 Å². The third-order valence-corrected chi connectivity index (χ3v) is 6.53. The number of carboxylic acids is 1. The van der Waals surface area contributed by atoms with E-state index in [1.54, 1.807) is 32.0 Å². The predicted octanol–water partition coefficient (Wildman–Crippen LogP) is 2.35. The zero-order chi connectivity index (χ0) is 17.3. The maximum absolute atomic E-state index is 13.0. The van der Waals surface area contributed by atoms with Crippen LogP contribution in [0, 0.1) is 5.92 Å². The Morgan fingerprint density at radius 3 is 2.74 bits per heavy atom. The van der Waals surface area contributed by atoms with Crippen molar-refractivity contribution in [2.75, 3.05) is 13.2 Å². The number of hydrogen-bond donors (Lipinski definition) is 1. The summed E-state index contributed by atoms with van der Waals surface area (Å²) in [5.41, 5.74) is -0.737. The van der Waals surface area contributed by atoms with E-state index in [0.717, 1.165) is 0 Å². The number of ether oxygens (including phenoxy) is 1. The molecule has 0 saturated carbocycles. The van der Waals surface area contributed by atoms with E-state index >= 15 is 0 Å². The first-order valence-electron chi connectivity index (χ1n) is 7.67. The van der Waals surface area contributed by atoms with E-state index in [1.165, 1.54) is 10.4 Å². The summed E-state index contributed by atoms with van der Waals surface area (Å²) in [6.45, 7) is 6.20. The highest BCUT2D eigenvalue weighted by molar-refractivity contribution is 7.89. The highest BCUT2D eigenvalue weighted by Crippen LogP contribution is 2.40. The highest BCUT2D eigenvalue weighted by atomic mass is 32.2. The molecule has 0 aliphatic carbocycles. The average molecular weight is 341 g/mol. The number of hydrogen-bond acceptors (Lipinski definition) is 4. The molecular formula is C16H23NO5S. The number of carboxylic acid groups (broad SMARTS) is 1. The van der Waals surface area contributed by atoms with Crippen molar-refractivity contribution in [2.24, 2.45) is 5.92 Å². The number of sulfonamides is 1. The predicted molar refractivity (Wildman–Crippen MR) is 85.9 cm³/mol. The van der Waals surface area contributed by atoms with Crippen LogP contribution in [0.1, 0.15) is 33.6 Å². The Hall–Kier alpha value is -1.60. The number of carbonyl (C=O) groups is 1. The van der Waals surface area contributed by atoms with Crippen molar-refractivity contribution >= 4 is 16.0 Å². The molecule has 128 valence electrons.